The lowest BCUT2D eigenvalue weighted by atomic mass is 10.1. The lowest BCUT2D eigenvalue weighted by Crippen LogP contribution is -2.28. The van der Waals surface area contributed by atoms with Crippen molar-refractivity contribution >= 4 is 33.9 Å². The molecule has 30 heavy (non-hydrogen) atoms. The van der Waals surface area contributed by atoms with Crippen molar-refractivity contribution in [1.29, 1.82) is 0 Å². The Balaban J connectivity index is 1.82. The predicted octanol–water partition coefficient (Wildman–Crippen LogP) is 4.97. The number of hydrogen-bond acceptors (Lipinski definition) is 4. The van der Waals surface area contributed by atoms with Crippen molar-refractivity contribution in [3.8, 4) is 5.75 Å². The van der Waals surface area contributed by atoms with Gasteiger partial charge in [-0.2, -0.15) is 0 Å². The Morgan fingerprint density at radius 1 is 0.967 bits per heavy atom. The first-order chi connectivity index (χ1) is 14.5. The van der Waals surface area contributed by atoms with E-state index >= 15 is 0 Å². The van der Waals surface area contributed by atoms with Gasteiger partial charge < -0.3 is 14.8 Å². The third-order valence-electron chi connectivity index (χ3n) is 4.19. The van der Waals surface area contributed by atoms with Gasteiger partial charge in [0, 0.05) is 10.0 Å². The predicted molar refractivity (Wildman–Crippen MR) is 119 cm³/mol. The number of ether oxygens (including phenoxy) is 2. The Morgan fingerprint density at radius 2 is 1.70 bits per heavy atom. The van der Waals surface area contributed by atoms with Crippen molar-refractivity contribution in [3.63, 3.8) is 0 Å². The van der Waals surface area contributed by atoms with Crippen LogP contribution in [0.2, 0.25) is 0 Å². The monoisotopic (exact) mass is 465 g/mol. The summed E-state index contributed by atoms with van der Waals surface area (Å²) in [6.07, 6.45) is 1.57. The Morgan fingerprint density at radius 3 is 2.37 bits per heavy atom. The number of hydrogen-bond donors (Lipinski definition) is 1. The standard InChI is InChI=1S/C24H20BrNO4/c1-29-21-12-10-17(11-13-21)14-22(24(28)30-16-18-6-3-2-4-7-18)26-23(27)19-8-5-9-20(25)15-19/h2-15H,16H2,1H3,(H,26,27)/b22-14-. The lowest BCUT2D eigenvalue weighted by Gasteiger charge is -2.11. The molecule has 0 bridgehead atoms. The number of halogens is 1. The van der Waals surface area contributed by atoms with E-state index in [4.69, 9.17) is 9.47 Å². The molecule has 3 aromatic carbocycles. The first-order valence-electron chi connectivity index (χ1n) is 9.19. The zero-order valence-corrected chi connectivity index (χ0v) is 17.9. The molecule has 0 radical (unpaired) electrons. The van der Waals surface area contributed by atoms with E-state index in [1.165, 1.54) is 0 Å². The first kappa shape index (κ1) is 21.3. The highest BCUT2D eigenvalue weighted by Gasteiger charge is 2.16. The lowest BCUT2D eigenvalue weighted by molar-refractivity contribution is -0.140. The molecular formula is C24H20BrNO4. The molecule has 3 aromatic rings. The van der Waals surface area contributed by atoms with Crippen LogP contribution in [0.1, 0.15) is 21.5 Å². The maximum atomic E-state index is 12.7. The molecule has 0 heterocycles. The van der Waals surface area contributed by atoms with Crippen LogP contribution >= 0.6 is 15.9 Å². The Hall–Kier alpha value is -3.38. The molecule has 0 aliphatic rings. The highest BCUT2D eigenvalue weighted by atomic mass is 79.9. The second-order valence-electron chi connectivity index (χ2n) is 6.36. The number of methoxy groups -OCH3 is 1. The highest BCUT2D eigenvalue weighted by molar-refractivity contribution is 9.10. The fourth-order valence-electron chi connectivity index (χ4n) is 2.64. The van der Waals surface area contributed by atoms with Crippen LogP contribution in [0.4, 0.5) is 0 Å². The van der Waals surface area contributed by atoms with Crippen LogP contribution in [-0.2, 0) is 16.1 Å². The quantitative estimate of drug-likeness (QED) is 0.395. The van der Waals surface area contributed by atoms with E-state index in [-0.39, 0.29) is 12.3 Å². The molecule has 1 N–H and O–H groups in total. The van der Waals surface area contributed by atoms with Gasteiger partial charge in [0.05, 0.1) is 7.11 Å². The van der Waals surface area contributed by atoms with Gasteiger partial charge in [-0.05, 0) is 47.5 Å². The zero-order chi connectivity index (χ0) is 21.3. The molecule has 0 aliphatic carbocycles. The van der Waals surface area contributed by atoms with E-state index in [1.54, 1.807) is 55.7 Å². The van der Waals surface area contributed by atoms with Crippen molar-refractivity contribution in [2.24, 2.45) is 0 Å². The summed E-state index contributed by atoms with van der Waals surface area (Å²) in [4.78, 5) is 25.4. The highest BCUT2D eigenvalue weighted by Crippen LogP contribution is 2.16. The molecule has 0 aromatic heterocycles. The summed E-state index contributed by atoms with van der Waals surface area (Å²) >= 11 is 3.35. The van der Waals surface area contributed by atoms with Crippen LogP contribution in [0.5, 0.6) is 5.75 Å². The molecule has 0 unspecified atom stereocenters. The second-order valence-corrected chi connectivity index (χ2v) is 7.27. The molecular weight excluding hydrogens is 446 g/mol. The summed E-state index contributed by atoms with van der Waals surface area (Å²) in [5, 5.41) is 2.67. The van der Waals surface area contributed by atoms with Gasteiger partial charge in [-0.1, -0.05) is 64.5 Å². The van der Waals surface area contributed by atoms with Crippen molar-refractivity contribution < 1.29 is 19.1 Å². The van der Waals surface area contributed by atoms with E-state index in [0.29, 0.717) is 11.3 Å². The maximum Gasteiger partial charge on any atom is 0.355 e. The number of carbonyl (C=O) groups is 2. The van der Waals surface area contributed by atoms with Crippen LogP contribution in [0.3, 0.4) is 0 Å². The Kier molecular flexibility index (Phi) is 7.40. The van der Waals surface area contributed by atoms with Gasteiger partial charge >= 0.3 is 5.97 Å². The number of rotatable bonds is 7. The average molecular weight is 466 g/mol. The van der Waals surface area contributed by atoms with E-state index < -0.39 is 11.9 Å². The Labute approximate surface area is 183 Å². The van der Waals surface area contributed by atoms with Gasteiger partial charge in [0.25, 0.3) is 5.91 Å². The largest absolute Gasteiger partial charge is 0.497 e. The second kappa shape index (κ2) is 10.4. The van der Waals surface area contributed by atoms with Crippen LogP contribution in [0, 0.1) is 0 Å². The molecule has 0 saturated heterocycles. The van der Waals surface area contributed by atoms with Crippen LogP contribution in [-0.4, -0.2) is 19.0 Å². The minimum absolute atomic E-state index is 0.0427. The van der Waals surface area contributed by atoms with Crippen LogP contribution in [0.15, 0.2) is 89.0 Å². The molecule has 0 fully saturated rings. The van der Waals surface area contributed by atoms with Gasteiger partial charge in [0.2, 0.25) is 0 Å². The number of benzene rings is 3. The fraction of sp³-hybridized carbons (Fsp3) is 0.0833. The first-order valence-corrected chi connectivity index (χ1v) is 9.98. The van der Waals surface area contributed by atoms with E-state index in [9.17, 15) is 9.59 Å². The third-order valence-corrected chi connectivity index (χ3v) is 4.69. The molecule has 5 nitrogen and oxygen atoms in total. The minimum Gasteiger partial charge on any atom is -0.497 e. The van der Waals surface area contributed by atoms with Crippen molar-refractivity contribution in [2.45, 2.75) is 6.61 Å². The number of esters is 1. The molecule has 3 rings (SSSR count). The third kappa shape index (κ3) is 6.06. The van der Waals surface area contributed by atoms with Gasteiger partial charge in [-0.3, -0.25) is 4.79 Å². The Bertz CT molecular complexity index is 1050. The van der Waals surface area contributed by atoms with Gasteiger partial charge in [0.1, 0.15) is 18.1 Å². The minimum atomic E-state index is -0.627. The normalized spacial score (nSPS) is 10.9. The van der Waals surface area contributed by atoms with E-state index in [2.05, 4.69) is 21.2 Å². The molecule has 0 saturated carbocycles. The van der Waals surface area contributed by atoms with Gasteiger partial charge in [-0.25, -0.2) is 4.79 Å². The van der Waals surface area contributed by atoms with Gasteiger partial charge in [0.15, 0.2) is 0 Å². The SMILES string of the molecule is COc1ccc(/C=C(\NC(=O)c2cccc(Br)c2)C(=O)OCc2ccccc2)cc1. The van der Waals surface area contributed by atoms with Crippen LogP contribution < -0.4 is 10.1 Å². The summed E-state index contributed by atoms with van der Waals surface area (Å²) in [5.74, 6) is -0.343. The van der Waals surface area contributed by atoms with Crippen molar-refractivity contribution in [2.75, 3.05) is 7.11 Å². The van der Waals surface area contributed by atoms with Crippen LogP contribution in [0.25, 0.3) is 6.08 Å². The van der Waals surface area contributed by atoms with E-state index in [0.717, 1.165) is 15.6 Å². The summed E-state index contributed by atoms with van der Waals surface area (Å²) in [7, 11) is 1.58. The molecule has 1 amide bonds. The van der Waals surface area contributed by atoms with Crippen molar-refractivity contribution in [3.05, 3.63) is 106 Å². The summed E-state index contributed by atoms with van der Waals surface area (Å²) in [6.45, 7) is 0.104. The molecule has 0 atom stereocenters. The molecule has 0 spiro atoms. The van der Waals surface area contributed by atoms with E-state index in [1.807, 2.05) is 36.4 Å². The number of carbonyl (C=O) groups excluding carboxylic acids is 2. The number of amides is 1. The summed E-state index contributed by atoms with van der Waals surface area (Å²) in [5.41, 5.74) is 2.03. The topological polar surface area (TPSA) is 64.6 Å². The molecule has 6 heteroatoms. The van der Waals surface area contributed by atoms with Gasteiger partial charge in [-0.15, -0.1) is 0 Å². The smallest absolute Gasteiger partial charge is 0.355 e. The van der Waals surface area contributed by atoms with Crippen molar-refractivity contribution in [1.82, 2.24) is 5.32 Å². The fourth-order valence-corrected chi connectivity index (χ4v) is 3.04. The number of nitrogens with one attached hydrogen (secondary N) is 1. The molecule has 152 valence electrons. The molecule has 0 aliphatic heterocycles. The summed E-state index contributed by atoms with van der Waals surface area (Å²) < 4.78 is 11.3. The summed E-state index contributed by atoms with van der Waals surface area (Å²) in [6, 6.07) is 23.4. The maximum absolute atomic E-state index is 12.7. The average Bonchev–Trinajstić information content (AvgIpc) is 2.78. The zero-order valence-electron chi connectivity index (χ0n) is 16.3.